The highest BCUT2D eigenvalue weighted by molar-refractivity contribution is 7.11. The highest BCUT2D eigenvalue weighted by atomic mass is 35.5. The fourth-order valence-electron chi connectivity index (χ4n) is 19.8. The fourth-order valence-corrected chi connectivity index (χ4v) is 23.5. The number of thiophene rings is 4. The van der Waals surface area contributed by atoms with Gasteiger partial charge in [-0.15, -0.1) is 117 Å². The summed E-state index contributed by atoms with van der Waals surface area (Å²) in [5, 5.41) is 11.1. The van der Waals surface area contributed by atoms with Crippen molar-refractivity contribution in [2.24, 2.45) is 0 Å². The minimum Gasteiger partial charge on any atom is -0.457 e. The van der Waals surface area contributed by atoms with Gasteiger partial charge in [-0.2, -0.15) is 0 Å². The van der Waals surface area contributed by atoms with E-state index in [-0.39, 0.29) is 108 Å². The monoisotopic (exact) mass is 2180 g/mol. The predicted octanol–water partition coefficient (Wildman–Crippen LogP) is 22.6. The Kier molecular flexibility index (Phi) is 39.7. The molecule has 0 spiro atoms. The van der Waals surface area contributed by atoms with Crippen molar-refractivity contribution in [2.45, 2.75) is 140 Å². The molecule has 0 saturated carbocycles. The molecule has 147 heavy (non-hydrogen) atoms. The Hall–Kier alpha value is -11.6. The molecule has 7 fully saturated rings. The maximum absolute atomic E-state index is 14.3. The molecule has 19 rings (SSSR count). The maximum Gasteiger partial charge on any atom is 0.410 e. The second-order valence-corrected chi connectivity index (χ2v) is 42.4. The number of rotatable bonds is 28. The number of hydrogen-bond acceptors (Lipinski definition) is 21. The summed E-state index contributed by atoms with van der Waals surface area (Å²) in [5.41, 5.74) is 2.61. The van der Waals surface area contributed by atoms with Crippen molar-refractivity contribution in [2.75, 3.05) is 122 Å². The number of alkyl halides is 4. The molecular weight excluding hydrogens is 2070 g/mol. The van der Waals surface area contributed by atoms with Crippen LogP contribution in [0.2, 0.25) is 0 Å². The molecule has 4 aromatic heterocycles. The third-order valence-corrected chi connectivity index (χ3v) is 31.0. The molecule has 10 atom stereocenters. The van der Waals surface area contributed by atoms with E-state index in [0.717, 1.165) is 89.4 Å². The second kappa shape index (κ2) is 52.5. The van der Waals surface area contributed by atoms with Crippen molar-refractivity contribution in [1.29, 1.82) is 0 Å². The summed E-state index contributed by atoms with van der Waals surface area (Å²) >= 11 is 30.1. The Balaban J connectivity index is 0.000000154. The normalized spacial score (nSPS) is 18.5. The molecule has 11 heterocycles. The number of carbonyl (C=O) groups excluding carboxylic acids is 9. The van der Waals surface area contributed by atoms with Gasteiger partial charge >= 0.3 is 6.09 Å². The number of carbonyl (C=O) groups is 9. The Bertz CT molecular complexity index is 6290. The average molecular weight is 2190 g/mol. The Morgan fingerprint density at radius 3 is 1.02 bits per heavy atom. The van der Waals surface area contributed by atoms with Crippen LogP contribution in [0, 0.1) is 6.92 Å². The highest BCUT2D eigenvalue weighted by Crippen LogP contribution is 2.44. The van der Waals surface area contributed by atoms with E-state index < -0.39 is 41.8 Å². The van der Waals surface area contributed by atoms with Gasteiger partial charge in [-0.3, -0.25) is 72.7 Å². The van der Waals surface area contributed by atoms with E-state index in [4.69, 9.17) is 70.1 Å². The molecule has 0 aliphatic carbocycles. The molecule has 12 aromatic rings. The van der Waals surface area contributed by atoms with Gasteiger partial charge in [0.05, 0.1) is 12.1 Å². The number of piperazine rings is 4. The van der Waals surface area contributed by atoms with E-state index in [2.05, 4.69) is 15.1 Å². The number of anilines is 4. The summed E-state index contributed by atoms with van der Waals surface area (Å²) in [6.07, 6.45) is 5.12. The first-order chi connectivity index (χ1) is 70.3. The lowest BCUT2D eigenvalue weighted by atomic mass is 10.1. The summed E-state index contributed by atoms with van der Waals surface area (Å²) in [7, 11) is 0. The summed E-state index contributed by atoms with van der Waals surface area (Å²) in [6, 6.07) is 77.7. The zero-order chi connectivity index (χ0) is 102. The molecule has 2 bridgehead atoms. The van der Waals surface area contributed by atoms with Crippen molar-refractivity contribution in [3.63, 3.8) is 0 Å². The van der Waals surface area contributed by atoms with E-state index in [1.807, 2.05) is 290 Å². The molecule has 8 aromatic carbocycles. The fraction of sp³-hybridized carbons (Fsp3) is 0.342. The predicted molar refractivity (Wildman–Crippen MR) is 590 cm³/mol. The van der Waals surface area contributed by atoms with Crippen molar-refractivity contribution in [3.05, 3.63) is 307 Å². The molecule has 8 unspecified atom stereocenters. The summed E-state index contributed by atoms with van der Waals surface area (Å²) in [4.78, 5) is 145. The van der Waals surface area contributed by atoms with E-state index >= 15 is 0 Å². The number of para-hydroxylation sites is 4. The van der Waals surface area contributed by atoms with Gasteiger partial charge in [-0.1, -0.05) is 97.1 Å². The van der Waals surface area contributed by atoms with Crippen LogP contribution in [0.1, 0.15) is 116 Å². The molecule has 0 radical (unpaired) electrons. The Labute approximate surface area is 906 Å². The van der Waals surface area contributed by atoms with Gasteiger partial charge in [0.15, 0.2) is 0 Å². The minimum atomic E-state index is -0.922. The molecule has 9 amide bonds. The van der Waals surface area contributed by atoms with Gasteiger partial charge in [0.1, 0.15) is 99.3 Å². The van der Waals surface area contributed by atoms with E-state index in [9.17, 15) is 43.2 Å². The zero-order valence-corrected chi connectivity index (χ0v) is 90.3. The largest absolute Gasteiger partial charge is 0.457 e. The first kappa shape index (κ1) is 111. The lowest BCUT2D eigenvalue weighted by molar-refractivity contribution is -0.138. The molecule has 7 saturated heterocycles. The first-order valence-corrected chi connectivity index (χ1v) is 54.3. The number of halogens is 6. The van der Waals surface area contributed by atoms with Gasteiger partial charge in [-0.25, -0.2) is 4.79 Å². The topological polar surface area (TPSA) is 247 Å². The van der Waals surface area contributed by atoms with E-state index in [1.165, 1.54) is 68.0 Å². The number of fused-ring (bicyclic) bond motifs is 4. The average Bonchev–Trinajstić information content (AvgIpc) is 1.11. The number of likely N-dealkylation sites (tertiary alicyclic amines) is 1. The van der Waals surface area contributed by atoms with Crippen LogP contribution in [-0.2, 0) is 43.1 Å². The second-order valence-electron chi connectivity index (χ2n) is 37.4. The molecule has 1 N–H and O–H groups in total. The highest BCUT2D eigenvalue weighted by Gasteiger charge is 2.48. The SMILES string of the molecule is CC1CN(C(=O)C(c2cccs2)N(C(=O)CCl)c2ccc(Oc3ccccc3)cc2)CC(C)N1C(=O)OC(C)(C)C.Cc1cc(Oc2ccccc2)ccc1N(C(=O)CCl)C(C(=O)N1CCN2CCC[C@H]2C1)c1cccs1.Cl.Cl.O=C(C(c1cccs1)N(C(=O)CCl)c1ccc(Oc2ccccc2)cc1)N1CC2CC1CN2.O=C(C(c1cccs1)N(C(=O)CCl)c1ccc(Oc2ccccc2)cc1)N1CCN2CCC[C@H]2C1. The van der Waals surface area contributed by atoms with Crippen LogP contribution >= 0.6 is 117 Å². The number of benzene rings is 8. The standard InChI is InChI=1S/C31H36ClN3O5S.C28H30ClN3O3S.C27H28ClN3O3S.C25H24ClN3O3S.2ClH/c1-21-19-33(20-22(2)34(21)30(38)40-31(3,4)5)29(37)28(26-12-9-17-41-26)35(27(36)18-32)23-13-15-25(16-14-23)39-24-10-7-6-8-11-24;1-20-17-23(35-22-8-3-2-4-9-22)11-12-24(20)32(26(33)18-29)27(25-10-6-16-36-25)28(34)31-15-14-30-13-5-7-21(30)19-31;28-18-25(32)31(20-10-12-23(13-11-20)34-22-7-2-1-3-8-22)26(24-9-5-17-35-24)27(33)30-16-15-29-14-4-6-21(29)19-30;26-14-23(30)29(18-8-10-21(11-9-18)32-20-5-2-1-3-6-20)24(22-7-4-12-33-22)25(31)28-16-17-13-19(28)15-27-17;;/h6-17,21-22,28H,18-20H2,1-5H3;2-4,6,8-12,16-17,21,27H,5,7,13-15,18-19H2,1H3;1-3,5,7-13,17,21,26H,4,6,14-16,18-19H2;1-12,17,19,24,27H,13-16H2;2*1H/t;21-,27?;21-,26?;;;/m.00.../s1. The number of aryl methyl sites for hydroxylation is 1. The van der Waals surface area contributed by atoms with Crippen LogP contribution < -0.4 is 43.9 Å². The van der Waals surface area contributed by atoms with Gasteiger partial charge < -0.3 is 48.6 Å². The van der Waals surface area contributed by atoms with Crippen LogP contribution in [-0.4, -0.2) is 232 Å². The third-order valence-electron chi connectivity index (χ3n) is 26.4. The van der Waals surface area contributed by atoms with Gasteiger partial charge in [0, 0.05) is 132 Å². The van der Waals surface area contributed by atoms with E-state index in [0.29, 0.717) is 120 Å². The maximum atomic E-state index is 14.3. The number of nitrogens with zero attached hydrogens (tertiary/aromatic N) is 11. The zero-order valence-electron chi connectivity index (χ0n) is 82.4. The molecule has 26 nitrogen and oxygen atoms in total. The molecular formula is C111H120Cl6N12O14S4. The summed E-state index contributed by atoms with van der Waals surface area (Å²) in [6.45, 7) is 20.0. The Morgan fingerprint density at radius 2 is 0.701 bits per heavy atom. The van der Waals surface area contributed by atoms with Crippen LogP contribution in [0.3, 0.4) is 0 Å². The summed E-state index contributed by atoms with van der Waals surface area (Å²) in [5.74, 6) is 2.75. The number of nitrogens with one attached hydrogen (secondary N) is 1. The minimum absolute atomic E-state index is 0. The molecule has 7 aliphatic heterocycles. The third kappa shape index (κ3) is 27.8. The van der Waals surface area contributed by atoms with Crippen molar-refractivity contribution in [1.82, 2.24) is 39.6 Å². The lowest BCUT2D eigenvalue weighted by Gasteiger charge is -2.45. The Morgan fingerprint density at radius 1 is 0.374 bits per heavy atom. The summed E-state index contributed by atoms with van der Waals surface area (Å²) < 4.78 is 29.3. The van der Waals surface area contributed by atoms with Gasteiger partial charge in [0.25, 0.3) is 23.6 Å². The first-order valence-electron chi connectivity index (χ1n) is 48.7. The van der Waals surface area contributed by atoms with Crippen molar-refractivity contribution < 1.29 is 66.8 Å². The van der Waals surface area contributed by atoms with Crippen molar-refractivity contribution >= 4 is 193 Å². The quantitative estimate of drug-likeness (QED) is 0.0448. The van der Waals surface area contributed by atoms with Crippen molar-refractivity contribution in [3.8, 4) is 46.0 Å². The van der Waals surface area contributed by atoms with Crippen LogP contribution in [0.4, 0.5) is 27.5 Å². The van der Waals surface area contributed by atoms with Gasteiger partial charge in [-0.05, 0) is 278 Å². The number of hydrogen-bond donors (Lipinski definition) is 1. The smallest absolute Gasteiger partial charge is 0.410 e. The molecule has 774 valence electrons. The van der Waals surface area contributed by atoms with E-state index in [1.54, 1.807) is 68.1 Å². The number of amides is 9. The van der Waals surface area contributed by atoms with Crippen LogP contribution in [0.5, 0.6) is 46.0 Å². The van der Waals surface area contributed by atoms with Gasteiger partial charge in [0.2, 0.25) is 23.6 Å². The lowest BCUT2D eigenvalue weighted by Crippen LogP contribution is -2.61. The van der Waals surface area contributed by atoms with Crippen LogP contribution in [0.15, 0.2) is 282 Å². The molecule has 7 aliphatic rings. The molecule has 36 heteroatoms. The van der Waals surface area contributed by atoms with Crippen LogP contribution in [0.25, 0.3) is 0 Å². The number of ether oxygens (including phenoxy) is 5.